The molecule has 0 aromatic heterocycles. The fourth-order valence-electron chi connectivity index (χ4n) is 3.58. The van der Waals surface area contributed by atoms with Crippen molar-refractivity contribution in [2.75, 3.05) is 14.2 Å². The molecule has 0 aliphatic heterocycles. The van der Waals surface area contributed by atoms with Gasteiger partial charge in [-0.25, -0.2) is 0 Å². The molecule has 0 heterocycles. The first kappa shape index (κ1) is 27.2. The average Bonchev–Trinajstić information content (AvgIpc) is 3.02. The molecule has 2 aliphatic rings. The van der Waals surface area contributed by atoms with E-state index in [9.17, 15) is 9.90 Å². The minimum atomic E-state index is -1.63. The molecular weight excluding hydrogens is 392 g/mol. The van der Waals surface area contributed by atoms with Gasteiger partial charge in [0.1, 0.15) is 6.10 Å². The number of methoxy groups -OCH3 is 2. The van der Waals surface area contributed by atoms with Crippen LogP contribution in [0.15, 0.2) is 48.6 Å². The van der Waals surface area contributed by atoms with Crippen molar-refractivity contribution in [1.29, 1.82) is 0 Å². The van der Waals surface area contributed by atoms with Gasteiger partial charge in [0.25, 0.3) is 0 Å². The van der Waals surface area contributed by atoms with Crippen LogP contribution in [0.1, 0.15) is 15.9 Å². The predicted octanol–water partition coefficient (Wildman–Crippen LogP) is 1.48. The molecular formula is C19H16CrO7. The van der Waals surface area contributed by atoms with Gasteiger partial charge in [-0.2, -0.15) is 0 Å². The van der Waals surface area contributed by atoms with Crippen LogP contribution >= 0.6 is 0 Å². The molecule has 1 aromatic carbocycles. The largest absolute Gasteiger partial charge is 0 e. The van der Waals surface area contributed by atoms with Gasteiger partial charge in [0, 0.05) is 42.7 Å². The Bertz CT molecular complexity index is 765. The molecule has 0 spiro atoms. The predicted molar refractivity (Wildman–Crippen MR) is 85.3 cm³/mol. The second kappa shape index (κ2) is 11.0. The van der Waals surface area contributed by atoms with E-state index in [0.29, 0.717) is 22.3 Å². The van der Waals surface area contributed by atoms with Gasteiger partial charge in [-0.05, 0) is 11.1 Å². The van der Waals surface area contributed by atoms with Crippen molar-refractivity contribution in [2.24, 2.45) is 0 Å². The second-order valence-corrected chi connectivity index (χ2v) is 5.15. The number of hydrogen-bond acceptors (Lipinski definition) is 4. The van der Waals surface area contributed by atoms with Crippen molar-refractivity contribution in [3.63, 3.8) is 0 Å². The molecule has 0 radical (unpaired) electrons. The van der Waals surface area contributed by atoms with E-state index in [1.165, 1.54) is 14.2 Å². The van der Waals surface area contributed by atoms with Crippen molar-refractivity contribution in [2.45, 2.75) is 17.3 Å². The van der Waals surface area contributed by atoms with Gasteiger partial charge in [0.2, 0.25) is 5.78 Å². The SMILES string of the molecule is C=C1C(=C)[C@]2(OC)C(=O)c3ccccc3[C@]2(O)[C@H]1OC.[C-]#[O+].[C-]#[O+].[C-]#[O+].[Cr]. The Labute approximate surface area is 167 Å². The number of hydrogen-bond donors (Lipinski definition) is 1. The molecule has 3 rings (SSSR count). The monoisotopic (exact) mass is 408 g/mol. The molecule has 140 valence electrons. The maximum atomic E-state index is 12.8. The van der Waals surface area contributed by atoms with E-state index in [4.69, 9.17) is 23.4 Å². The fraction of sp³-hybridized carbons (Fsp3) is 0.263. The minimum absolute atomic E-state index is 0. The topological polar surface area (TPSA) is 115 Å². The van der Waals surface area contributed by atoms with Crippen molar-refractivity contribution in [3.8, 4) is 0 Å². The van der Waals surface area contributed by atoms with Crippen LogP contribution in [-0.4, -0.2) is 36.8 Å². The van der Waals surface area contributed by atoms with Crippen molar-refractivity contribution >= 4 is 5.78 Å². The Balaban J connectivity index is 0. The number of Topliss-reactive ketones (excluding diaryl/α,β-unsaturated/α-hetero) is 1. The summed E-state index contributed by atoms with van der Waals surface area (Å²) in [6.07, 6.45) is -0.762. The van der Waals surface area contributed by atoms with Gasteiger partial charge in [0.15, 0.2) is 11.2 Å². The molecule has 0 unspecified atom stereocenters. The zero-order valence-electron chi connectivity index (χ0n) is 14.6. The van der Waals surface area contributed by atoms with Crippen LogP contribution in [0.25, 0.3) is 0 Å². The van der Waals surface area contributed by atoms with E-state index in [-0.39, 0.29) is 23.1 Å². The number of benzene rings is 1. The van der Waals surface area contributed by atoms with E-state index in [1.807, 2.05) is 0 Å². The summed E-state index contributed by atoms with van der Waals surface area (Å²) in [5.41, 5.74) is -1.38. The van der Waals surface area contributed by atoms with E-state index < -0.39 is 17.3 Å². The van der Waals surface area contributed by atoms with Gasteiger partial charge in [-0.3, -0.25) is 4.79 Å². The molecule has 8 heteroatoms. The third-order valence-electron chi connectivity index (χ3n) is 4.49. The molecule has 0 amide bonds. The Morgan fingerprint density at radius 2 is 1.56 bits per heavy atom. The van der Waals surface area contributed by atoms with Crippen LogP contribution in [0.5, 0.6) is 0 Å². The summed E-state index contributed by atoms with van der Waals surface area (Å²) in [4.78, 5) is 12.8. The molecule has 1 fully saturated rings. The molecule has 27 heavy (non-hydrogen) atoms. The Hall–Kier alpha value is -2.00. The Kier molecular flexibility index (Phi) is 11.1. The standard InChI is InChI=1S/C16H16O4.3CO.Cr/c1-9-10(2)16(20-4)13(17)11-7-5-6-8-12(11)15(16,18)14(9)19-3;3*1-2;/h5-8,14,18H,1-2H2,3-4H3;;;;/t14-,15-,16-;;;;/m0..../s1. The number of aliphatic hydroxyl groups is 1. The maximum Gasteiger partial charge on any atom is 0 e. The Morgan fingerprint density at radius 3 is 2.00 bits per heavy atom. The van der Waals surface area contributed by atoms with Crippen LogP contribution in [-0.2, 0) is 46.4 Å². The molecule has 7 nitrogen and oxygen atoms in total. The van der Waals surface area contributed by atoms with Crippen LogP contribution in [0.3, 0.4) is 0 Å². The average molecular weight is 408 g/mol. The molecule has 1 N–H and O–H groups in total. The number of carbonyl (C=O) groups is 1. The molecule has 3 atom stereocenters. The summed E-state index contributed by atoms with van der Waals surface area (Å²) >= 11 is 0. The summed E-state index contributed by atoms with van der Waals surface area (Å²) in [6.45, 7) is 21.3. The van der Waals surface area contributed by atoms with Gasteiger partial charge >= 0.3 is 33.9 Å². The van der Waals surface area contributed by atoms with E-state index in [0.717, 1.165) is 0 Å². The van der Waals surface area contributed by atoms with Crippen molar-refractivity contribution in [1.82, 2.24) is 0 Å². The molecule has 0 bridgehead atoms. The van der Waals surface area contributed by atoms with Gasteiger partial charge in [0.05, 0.1) is 0 Å². The van der Waals surface area contributed by atoms with Crippen LogP contribution < -0.4 is 0 Å². The minimum Gasteiger partial charge on any atom is 0 e. The number of ether oxygens (including phenoxy) is 2. The van der Waals surface area contributed by atoms with Gasteiger partial charge in [-0.1, -0.05) is 37.4 Å². The van der Waals surface area contributed by atoms with E-state index in [1.54, 1.807) is 24.3 Å². The first-order valence-corrected chi connectivity index (χ1v) is 6.91. The first-order chi connectivity index (χ1) is 12.5. The summed E-state index contributed by atoms with van der Waals surface area (Å²) in [5, 5.41) is 11.3. The molecule has 1 aromatic rings. The first-order valence-electron chi connectivity index (χ1n) is 6.91. The van der Waals surface area contributed by atoms with Gasteiger partial charge < -0.3 is 14.6 Å². The quantitative estimate of drug-likeness (QED) is 0.589. The fourth-order valence-corrected chi connectivity index (χ4v) is 3.58. The van der Waals surface area contributed by atoms with Crippen molar-refractivity contribution in [3.05, 3.63) is 79.6 Å². The summed E-state index contributed by atoms with van der Waals surface area (Å²) in [5.74, 6) is -0.302. The summed E-state index contributed by atoms with van der Waals surface area (Å²) < 4.78 is 33.4. The number of rotatable bonds is 2. The van der Waals surface area contributed by atoms with Crippen LogP contribution in [0, 0.1) is 20.0 Å². The third kappa shape index (κ3) is 3.34. The summed E-state index contributed by atoms with van der Waals surface area (Å²) in [6, 6.07) is 6.92. The third-order valence-corrected chi connectivity index (χ3v) is 4.49. The van der Waals surface area contributed by atoms with Crippen molar-refractivity contribution < 1.29 is 50.7 Å². The van der Waals surface area contributed by atoms with Crippen LogP contribution in [0.4, 0.5) is 0 Å². The smallest absolute Gasteiger partial charge is 0 e. The second-order valence-electron chi connectivity index (χ2n) is 5.15. The maximum absolute atomic E-state index is 12.8. The Morgan fingerprint density at radius 1 is 1.07 bits per heavy atom. The molecule has 1 saturated carbocycles. The molecule has 2 aliphatic carbocycles. The normalized spacial score (nSPS) is 26.4. The number of ketones is 1. The number of fused-ring (bicyclic) bond motifs is 3. The van der Waals surface area contributed by atoms with E-state index >= 15 is 0 Å². The van der Waals surface area contributed by atoms with Crippen LogP contribution in [0.2, 0.25) is 0 Å². The zero-order chi connectivity index (χ0) is 20.7. The number of carbonyl (C=O) groups excluding carboxylic acids is 1. The molecule has 0 saturated heterocycles. The summed E-state index contributed by atoms with van der Waals surface area (Å²) in [7, 11) is 2.86. The van der Waals surface area contributed by atoms with E-state index in [2.05, 4.69) is 33.1 Å². The van der Waals surface area contributed by atoms with Gasteiger partial charge in [-0.15, -0.1) is 0 Å². The zero-order valence-corrected chi connectivity index (χ0v) is 15.9.